The van der Waals surface area contributed by atoms with E-state index in [0.717, 1.165) is 11.0 Å². The Morgan fingerprint density at radius 2 is 1.50 bits per heavy atom. The molecular weight excluding hydrogens is 385 g/mol. The van der Waals surface area contributed by atoms with Crippen LogP contribution in [0.15, 0.2) is 78.9 Å². The van der Waals surface area contributed by atoms with Crippen molar-refractivity contribution in [2.24, 2.45) is 0 Å². The second kappa shape index (κ2) is 7.44. The van der Waals surface area contributed by atoms with Gasteiger partial charge in [-0.1, -0.05) is 60.7 Å². The topological polar surface area (TPSA) is 92.5 Å². The number of Topliss-reactive ketones (excluding diaryl/α,β-unsaturated/α-hetero) is 1. The van der Waals surface area contributed by atoms with Crippen molar-refractivity contribution in [1.82, 2.24) is 10.2 Å². The number of benzene rings is 3. The highest BCUT2D eigenvalue weighted by Gasteiger charge is 2.54. The number of nitrogens with zero attached hydrogens (tertiary/aromatic N) is 1. The molecule has 0 bridgehead atoms. The molecule has 3 aromatic carbocycles. The van der Waals surface area contributed by atoms with Crippen molar-refractivity contribution < 1.29 is 18.8 Å². The third kappa shape index (κ3) is 3.10. The number of hydrogen-bond donors (Lipinski definition) is 2. The van der Waals surface area contributed by atoms with Crippen LogP contribution in [0.25, 0.3) is 0 Å². The molecule has 0 unspecified atom stereocenters. The summed E-state index contributed by atoms with van der Waals surface area (Å²) in [5, 5.41) is 2.75. The zero-order chi connectivity index (χ0) is 21.3. The van der Waals surface area contributed by atoms with Gasteiger partial charge in [-0.2, -0.15) is 0 Å². The van der Waals surface area contributed by atoms with Crippen molar-refractivity contribution in [2.75, 3.05) is 12.3 Å². The standard InChI is InChI=1S/C23H18FN3O3/c24-19-13-17(25)11-12-18(19)20(28)14-27-21(29)23(26-22(27)30,15-7-3-1-4-8-15)16-9-5-2-6-10-16/h1-13H,14,25H2,(H,26,30). The molecule has 30 heavy (non-hydrogen) atoms. The number of nitrogens with two attached hydrogens (primary N) is 1. The summed E-state index contributed by atoms with van der Waals surface area (Å²) in [6, 6.07) is 20.5. The minimum absolute atomic E-state index is 0.172. The summed E-state index contributed by atoms with van der Waals surface area (Å²) in [4.78, 5) is 39.8. The molecule has 1 saturated heterocycles. The first-order chi connectivity index (χ1) is 14.4. The summed E-state index contributed by atoms with van der Waals surface area (Å²) in [6.07, 6.45) is 0. The van der Waals surface area contributed by atoms with Crippen molar-refractivity contribution in [3.8, 4) is 0 Å². The number of rotatable bonds is 5. The fourth-order valence-corrected chi connectivity index (χ4v) is 3.64. The van der Waals surface area contributed by atoms with Gasteiger partial charge >= 0.3 is 6.03 Å². The zero-order valence-corrected chi connectivity index (χ0v) is 15.8. The second-order valence-corrected chi connectivity index (χ2v) is 6.97. The number of imide groups is 1. The Kier molecular flexibility index (Phi) is 4.79. The van der Waals surface area contributed by atoms with E-state index >= 15 is 0 Å². The van der Waals surface area contributed by atoms with E-state index in [2.05, 4.69) is 5.32 Å². The average Bonchev–Trinajstić information content (AvgIpc) is 3.00. The molecule has 150 valence electrons. The molecule has 7 heteroatoms. The summed E-state index contributed by atoms with van der Waals surface area (Å²) in [7, 11) is 0. The molecule has 0 radical (unpaired) electrons. The number of hydrogen-bond acceptors (Lipinski definition) is 4. The van der Waals surface area contributed by atoms with Crippen LogP contribution >= 0.6 is 0 Å². The highest BCUT2D eigenvalue weighted by atomic mass is 19.1. The smallest absolute Gasteiger partial charge is 0.325 e. The first-order valence-electron chi connectivity index (χ1n) is 9.27. The predicted molar refractivity (Wildman–Crippen MR) is 109 cm³/mol. The van der Waals surface area contributed by atoms with Gasteiger partial charge in [-0.15, -0.1) is 0 Å². The van der Waals surface area contributed by atoms with Crippen molar-refractivity contribution >= 4 is 23.4 Å². The van der Waals surface area contributed by atoms with Crippen LogP contribution in [-0.4, -0.2) is 29.2 Å². The summed E-state index contributed by atoms with van der Waals surface area (Å²) < 4.78 is 14.1. The quantitative estimate of drug-likeness (QED) is 0.389. The lowest BCUT2D eigenvalue weighted by molar-refractivity contribution is -0.129. The van der Waals surface area contributed by atoms with Crippen LogP contribution in [0.4, 0.5) is 14.9 Å². The highest BCUT2D eigenvalue weighted by molar-refractivity contribution is 6.13. The van der Waals surface area contributed by atoms with E-state index in [-0.39, 0.29) is 11.3 Å². The van der Waals surface area contributed by atoms with Gasteiger partial charge in [0.2, 0.25) is 0 Å². The normalized spacial score (nSPS) is 15.2. The van der Waals surface area contributed by atoms with Crippen molar-refractivity contribution in [3.05, 3.63) is 101 Å². The number of urea groups is 1. The fraction of sp³-hybridized carbons (Fsp3) is 0.0870. The fourth-order valence-electron chi connectivity index (χ4n) is 3.64. The molecule has 1 aliphatic rings. The molecule has 6 nitrogen and oxygen atoms in total. The maximum Gasteiger partial charge on any atom is 0.325 e. The lowest BCUT2D eigenvalue weighted by atomic mass is 9.82. The maximum atomic E-state index is 14.1. The first kappa shape index (κ1) is 19.3. The number of nitrogens with one attached hydrogen (secondary N) is 1. The molecule has 0 aromatic heterocycles. The van der Waals surface area contributed by atoms with Crippen LogP contribution in [0, 0.1) is 5.82 Å². The third-order valence-electron chi connectivity index (χ3n) is 5.11. The molecule has 0 spiro atoms. The molecule has 0 saturated carbocycles. The Bertz CT molecular complexity index is 1090. The molecule has 0 atom stereocenters. The summed E-state index contributed by atoms with van der Waals surface area (Å²) in [6.45, 7) is -0.590. The Morgan fingerprint density at radius 3 is 2.03 bits per heavy atom. The monoisotopic (exact) mass is 403 g/mol. The SMILES string of the molecule is Nc1ccc(C(=O)CN2C(=O)NC(c3ccccc3)(c3ccccc3)C2=O)c(F)c1. The summed E-state index contributed by atoms with van der Waals surface area (Å²) >= 11 is 0. The van der Waals surface area contributed by atoms with Gasteiger partial charge < -0.3 is 11.1 Å². The Morgan fingerprint density at radius 1 is 0.933 bits per heavy atom. The average molecular weight is 403 g/mol. The summed E-state index contributed by atoms with van der Waals surface area (Å²) in [5.74, 6) is -2.11. The molecule has 1 heterocycles. The van der Waals surface area contributed by atoms with Crippen LogP contribution in [0.3, 0.4) is 0 Å². The van der Waals surface area contributed by atoms with Gasteiger partial charge in [0.1, 0.15) is 5.82 Å². The molecular formula is C23H18FN3O3. The Hall–Kier alpha value is -4.00. The van der Waals surface area contributed by atoms with E-state index in [1.807, 2.05) is 0 Å². The number of amides is 3. The number of ketones is 1. The van der Waals surface area contributed by atoms with E-state index < -0.39 is 35.6 Å². The van der Waals surface area contributed by atoms with Crippen LogP contribution in [0.1, 0.15) is 21.5 Å². The predicted octanol–water partition coefficient (Wildman–Crippen LogP) is 3.09. The van der Waals surface area contributed by atoms with Gasteiger partial charge in [-0.3, -0.25) is 14.5 Å². The van der Waals surface area contributed by atoms with E-state index in [9.17, 15) is 18.8 Å². The molecule has 3 aromatic rings. The Balaban J connectivity index is 1.73. The van der Waals surface area contributed by atoms with Gasteiger partial charge in [0, 0.05) is 5.69 Å². The minimum Gasteiger partial charge on any atom is -0.399 e. The molecule has 4 rings (SSSR count). The lowest BCUT2D eigenvalue weighted by Gasteiger charge is -2.28. The van der Waals surface area contributed by atoms with Gasteiger partial charge in [-0.05, 0) is 29.3 Å². The molecule has 1 fully saturated rings. The van der Waals surface area contributed by atoms with E-state index in [0.29, 0.717) is 11.1 Å². The molecule has 3 amide bonds. The van der Waals surface area contributed by atoms with Crippen LogP contribution in [0.2, 0.25) is 0 Å². The van der Waals surface area contributed by atoms with E-state index in [4.69, 9.17) is 5.73 Å². The number of nitrogen functional groups attached to an aromatic ring is 1. The number of halogens is 1. The third-order valence-corrected chi connectivity index (χ3v) is 5.11. The zero-order valence-electron chi connectivity index (χ0n) is 15.8. The van der Waals surface area contributed by atoms with Gasteiger partial charge in [0.25, 0.3) is 5.91 Å². The minimum atomic E-state index is -1.47. The van der Waals surface area contributed by atoms with Crippen molar-refractivity contribution in [2.45, 2.75) is 5.54 Å². The number of anilines is 1. The number of carbonyl (C=O) groups excluding carboxylic acids is 3. The summed E-state index contributed by atoms with van der Waals surface area (Å²) in [5.41, 5.74) is 5.10. The molecule has 3 N–H and O–H groups in total. The first-order valence-corrected chi connectivity index (χ1v) is 9.27. The van der Waals surface area contributed by atoms with Crippen LogP contribution in [0.5, 0.6) is 0 Å². The van der Waals surface area contributed by atoms with Gasteiger partial charge in [0.15, 0.2) is 11.3 Å². The molecule has 1 aliphatic heterocycles. The highest BCUT2D eigenvalue weighted by Crippen LogP contribution is 2.36. The van der Waals surface area contributed by atoms with Crippen molar-refractivity contribution in [3.63, 3.8) is 0 Å². The van der Waals surface area contributed by atoms with E-state index in [1.165, 1.54) is 12.1 Å². The molecule has 0 aliphatic carbocycles. The maximum absolute atomic E-state index is 14.1. The Labute approximate surface area is 172 Å². The second-order valence-electron chi connectivity index (χ2n) is 6.97. The van der Waals surface area contributed by atoms with Crippen molar-refractivity contribution in [1.29, 1.82) is 0 Å². The lowest BCUT2D eigenvalue weighted by Crippen LogP contribution is -2.45. The van der Waals surface area contributed by atoms with Gasteiger partial charge in [0.05, 0.1) is 12.1 Å². The largest absolute Gasteiger partial charge is 0.399 e. The van der Waals surface area contributed by atoms with Crippen LogP contribution < -0.4 is 11.1 Å². The van der Waals surface area contributed by atoms with Crippen LogP contribution in [-0.2, 0) is 10.3 Å². The van der Waals surface area contributed by atoms with E-state index in [1.54, 1.807) is 60.7 Å². The number of carbonyl (C=O) groups is 3. The van der Waals surface area contributed by atoms with Gasteiger partial charge in [-0.25, -0.2) is 9.18 Å².